The molecule has 1 N–H and O–H groups in total. The first-order valence-corrected chi connectivity index (χ1v) is 11.2. The molecule has 0 unspecified atom stereocenters. The van der Waals surface area contributed by atoms with Gasteiger partial charge in [-0.2, -0.15) is 0 Å². The minimum atomic E-state index is -2.13. The molecule has 0 saturated carbocycles. The standard InChI is InChI=1S/C27H20ClNO6/c1-34-23-8-4-5-17-13-19(25(31)35-24(17)23)22(30)14-27(33)20-6-2-3-7-21(20)29(26(27)32)15-16-9-11-18(28)12-10-16/h2-13,33H,14-15H2,1H3/t27-/m1/s1. The van der Waals surface area contributed by atoms with E-state index >= 15 is 0 Å². The van der Waals surface area contributed by atoms with Crippen LogP contribution in [-0.4, -0.2) is 23.9 Å². The molecular formula is C27H20ClNO6. The lowest BCUT2D eigenvalue weighted by Crippen LogP contribution is -2.42. The van der Waals surface area contributed by atoms with Crippen LogP contribution in [-0.2, 0) is 16.9 Å². The summed E-state index contributed by atoms with van der Waals surface area (Å²) >= 11 is 5.97. The van der Waals surface area contributed by atoms with Crippen molar-refractivity contribution in [1.29, 1.82) is 0 Å². The molecule has 0 fully saturated rings. The Bertz CT molecular complexity index is 1530. The lowest BCUT2D eigenvalue weighted by molar-refractivity contribution is -0.136. The zero-order valence-electron chi connectivity index (χ0n) is 18.7. The Kier molecular flexibility index (Phi) is 5.67. The van der Waals surface area contributed by atoms with Crippen LogP contribution < -0.4 is 15.3 Å². The van der Waals surface area contributed by atoms with Gasteiger partial charge in [-0.05, 0) is 35.9 Å². The molecule has 4 aromatic rings. The second-order valence-electron chi connectivity index (χ2n) is 8.32. The number of benzene rings is 3. The molecule has 2 heterocycles. The number of Topliss-reactive ketones (excluding diaryl/α,β-unsaturated/α-hetero) is 1. The van der Waals surface area contributed by atoms with Crippen LogP contribution in [0.25, 0.3) is 11.0 Å². The predicted molar refractivity (Wildman–Crippen MR) is 131 cm³/mol. The summed E-state index contributed by atoms with van der Waals surface area (Å²) in [6.07, 6.45) is -0.611. The SMILES string of the molecule is COc1cccc2cc(C(=O)C[C@]3(O)C(=O)N(Cc4ccc(Cl)cc4)c4ccccc43)c(=O)oc12. The van der Waals surface area contributed by atoms with Crippen molar-refractivity contribution >= 4 is 39.9 Å². The molecule has 5 rings (SSSR count). The quantitative estimate of drug-likeness (QED) is 0.317. The summed E-state index contributed by atoms with van der Waals surface area (Å²) in [5.41, 5.74) is -1.43. The Labute approximate surface area is 205 Å². The summed E-state index contributed by atoms with van der Waals surface area (Å²) in [5.74, 6) is -0.994. The van der Waals surface area contributed by atoms with Crippen molar-refractivity contribution < 1.29 is 23.8 Å². The first-order chi connectivity index (χ1) is 16.8. The van der Waals surface area contributed by atoms with E-state index in [2.05, 4.69) is 0 Å². The average Bonchev–Trinajstić information content (AvgIpc) is 3.06. The predicted octanol–water partition coefficient (Wildman–Crippen LogP) is 4.46. The van der Waals surface area contributed by atoms with Crippen LogP contribution in [0.2, 0.25) is 5.02 Å². The molecular weight excluding hydrogens is 470 g/mol. The highest BCUT2D eigenvalue weighted by atomic mass is 35.5. The van der Waals surface area contributed by atoms with Gasteiger partial charge in [-0.1, -0.05) is 54.1 Å². The third kappa shape index (κ3) is 3.88. The molecule has 35 heavy (non-hydrogen) atoms. The fraction of sp³-hybridized carbons (Fsp3) is 0.148. The van der Waals surface area contributed by atoms with Crippen LogP contribution in [0.4, 0.5) is 5.69 Å². The number of halogens is 1. The van der Waals surface area contributed by atoms with E-state index in [1.54, 1.807) is 66.7 Å². The van der Waals surface area contributed by atoms with Gasteiger partial charge in [-0.25, -0.2) is 4.79 Å². The van der Waals surface area contributed by atoms with Gasteiger partial charge in [0.15, 0.2) is 22.7 Å². The third-order valence-electron chi connectivity index (χ3n) is 6.15. The number of rotatable bonds is 6. The highest BCUT2D eigenvalue weighted by Gasteiger charge is 2.51. The van der Waals surface area contributed by atoms with E-state index in [1.165, 1.54) is 18.1 Å². The Hall–Kier alpha value is -3.94. The van der Waals surface area contributed by atoms with Crippen molar-refractivity contribution in [3.63, 3.8) is 0 Å². The number of methoxy groups -OCH3 is 1. The zero-order valence-corrected chi connectivity index (χ0v) is 19.4. The topological polar surface area (TPSA) is 97.0 Å². The van der Waals surface area contributed by atoms with E-state index in [1.807, 2.05) is 0 Å². The minimum Gasteiger partial charge on any atom is -0.493 e. The third-order valence-corrected chi connectivity index (χ3v) is 6.41. The van der Waals surface area contributed by atoms with Crippen LogP contribution in [0.5, 0.6) is 5.75 Å². The van der Waals surface area contributed by atoms with E-state index in [-0.39, 0.29) is 17.7 Å². The maximum atomic E-state index is 13.5. The minimum absolute atomic E-state index is 0.182. The first-order valence-electron chi connectivity index (χ1n) is 10.8. The highest BCUT2D eigenvalue weighted by molar-refractivity contribution is 6.30. The van der Waals surface area contributed by atoms with E-state index < -0.39 is 29.3 Å². The van der Waals surface area contributed by atoms with E-state index in [4.69, 9.17) is 20.8 Å². The highest BCUT2D eigenvalue weighted by Crippen LogP contribution is 2.43. The molecule has 1 aliphatic heterocycles. The number of fused-ring (bicyclic) bond motifs is 2. The average molecular weight is 490 g/mol. The molecule has 3 aromatic carbocycles. The maximum absolute atomic E-state index is 13.5. The molecule has 1 atom stereocenters. The number of amides is 1. The Morgan fingerprint density at radius 2 is 1.80 bits per heavy atom. The van der Waals surface area contributed by atoms with Crippen molar-refractivity contribution in [3.8, 4) is 5.75 Å². The van der Waals surface area contributed by atoms with Crippen LogP contribution >= 0.6 is 11.6 Å². The Morgan fingerprint density at radius 1 is 1.06 bits per heavy atom. The number of anilines is 1. The van der Waals surface area contributed by atoms with Crippen LogP contribution in [0.3, 0.4) is 0 Å². The second kappa shape index (κ2) is 8.69. The molecule has 1 aromatic heterocycles. The zero-order chi connectivity index (χ0) is 24.7. The molecule has 176 valence electrons. The van der Waals surface area contributed by atoms with Gasteiger partial charge in [0, 0.05) is 16.0 Å². The maximum Gasteiger partial charge on any atom is 0.347 e. The number of para-hydroxylation sites is 2. The number of ketones is 1. The van der Waals surface area contributed by atoms with Crippen LogP contribution in [0.1, 0.15) is 27.9 Å². The Balaban J connectivity index is 1.50. The van der Waals surface area contributed by atoms with Crippen molar-refractivity contribution in [2.24, 2.45) is 0 Å². The molecule has 0 bridgehead atoms. The molecule has 1 amide bonds. The lowest BCUT2D eigenvalue weighted by atomic mass is 9.88. The smallest absolute Gasteiger partial charge is 0.347 e. The van der Waals surface area contributed by atoms with Crippen molar-refractivity contribution in [2.45, 2.75) is 18.6 Å². The fourth-order valence-corrected chi connectivity index (χ4v) is 4.53. The Morgan fingerprint density at radius 3 is 2.54 bits per heavy atom. The normalized spacial score (nSPS) is 17.0. The molecule has 7 nitrogen and oxygen atoms in total. The fourth-order valence-electron chi connectivity index (χ4n) is 4.41. The van der Waals surface area contributed by atoms with Gasteiger partial charge < -0.3 is 19.2 Å². The van der Waals surface area contributed by atoms with E-state index in [9.17, 15) is 19.5 Å². The summed E-state index contributed by atoms with van der Waals surface area (Å²) in [7, 11) is 1.45. The van der Waals surface area contributed by atoms with Gasteiger partial charge in [0.05, 0.1) is 25.8 Å². The van der Waals surface area contributed by atoms with E-state index in [0.29, 0.717) is 27.4 Å². The number of aliphatic hydroxyl groups is 1. The molecule has 0 spiro atoms. The van der Waals surface area contributed by atoms with Crippen LogP contribution in [0, 0.1) is 0 Å². The van der Waals surface area contributed by atoms with Gasteiger partial charge >= 0.3 is 5.63 Å². The van der Waals surface area contributed by atoms with Gasteiger partial charge in [-0.3, -0.25) is 9.59 Å². The van der Waals surface area contributed by atoms with Crippen molar-refractivity contribution in [2.75, 3.05) is 12.0 Å². The number of hydrogen-bond donors (Lipinski definition) is 1. The number of carbonyl (C=O) groups is 2. The van der Waals surface area contributed by atoms with Gasteiger partial charge in [-0.15, -0.1) is 0 Å². The van der Waals surface area contributed by atoms with Crippen molar-refractivity contribution in [1.82, 2.24) is 0 Å². The number of nitrogens with zero attached hydrogens (tertiary/aromatic N) is 1. The van der Waals surface area contributed by atoms with Crippen molar-refractivity contribution in [3.05, 3.63) is 105 Å². The first kappa shape index (κ1) is 22.8. The summed E-state index contributed by atoms with van der Waals surface area (Å²) in [5, 5.41) is 12.6. The molecule has 8 heteroatoms. The second-order valence-corrected chi connectivity index (χ2v) is 8.76. The summed E-state index contributed by atoms with van der Waals surface area (Å²) in [6, 6.07) is 20.2. The number of carbonyl (C=O) groups excluding carboxylic acids is 2. The molecule has 0 radical (unpaired) electrons. The van der Waals surface area contributed by atoms with Gasteiger partial charge in [0.25, 0.3) is 5.91 Å². The monoisotopic (exact) mass is 489 g/mol. The summed E-state index contributed by atoms with van der Waals surface area (Å²) in [4.78, 5) is 40.8. The summed E-state index contributed by atoms with van der Waals surface area (Å²) in [6.45, 7) is 0.182. The van der Waals surface area contributed by atoms with Crippen LogP contribution in [0.15, 0.2) is 82.0 Å². The number of ether oxygens (including phenoxy) is 1. The summed E-state index contributed by atoms with van der Waals surface area (Å²) < 4.78 is 10.6. The van der Waals surface area contributed by atoms with Gasteiger partial charge in [0.1, 0.15) is 5.56 Å². The largest absolute Gasteiger partial charge is 0.493 e. The van der Waals surface area contributed by atoms with Gasteiger partial charge in [0.2, 0.25) is 0 Å². The molecule has 0 aliphatic carbocycles. The number of hydrogen-bond acceptors (Lipinski definition) is 6. The van der Waals surface area contributed by atoms with E-state index in [0.717, 1.165) is 5.56 Å². The molecule has 0 saturated heterocycles. The molecule has 1 aliphatic rings. The lowest BCUT2D eigenvalue weighted by Gasteiger charge is -2.22.